The van der Waals surface area contributed by atoms with Gasteiger partial charge in [-0.25, -0.2) is 0 Å². The topological polar surface area (TPSA) is 82.8 Å². The molecule has 2 aromatic rings. The van der Waals surface area contributed by atoms with Gasteiger partial charge in [0.15, 0.2) is 0 Å². The molecule has 2 atom stereocenters. The van der Waals surface area contributed by atoms with Crippen LogP contribution in [0.15, 0.2) is 36.4 Å². The Morgan fingerprint density at radius 3 is 2.39 bits per heavy atom. The van der Waals surface area contributed by atoms with Gasteiger partial charge in [-0.15, -0.1) is 0 Å². The molecule has 0 aliphatic carbocycles. The monoisotopic (exact) mass is 444 g/mol. The van der Waals surface area contributed by atoms with E-state index in [-0.39, 0.29) is 5.97 Å². The van der Waals surface area contributed by atoms with Gasteiger partial charge in [0.2, 0.25) is 0 Å². The van der Waals surface area contributed by atoms with E-state index in [0.29, 0.717) is 18.3 Å². The zero-order chi connectivity index (χ0) is 22.2. The number of nitrogens with two attached hydrogens (primary N) is 1. The molecule has 1 heterocycles. The molecule has 0 aromatic heterocycles. The minimum atomic E-state index is -0.665. The third-order valence-corrected chi connectivity index (χ3v) is 6.57. The van der Waals surface area contributed by atoms with E-state index >= 15 is 0 Å². The van der Waals surface area contributed by atoms with Crippen LogP contribution in [-0.2, 0) is 22.4 Å². The zero-order valence-corrected chi connectivity index (χ0v) is 19.3. The molecule has 2 aromatic carbocycles. The molecular weight excluding hydrogens is 412 g/mol. The van der Waals surface area contributed by atoms with Gasteiger partial charge in [0, 0.05) is 24.1 Å². The van der Waals surface area contributed by atoms with Crippen molar-refractivity contribution in [1.82, 2.24) is 5.32 Å². The summed E-state index contributed by atoms with van der Waals surface area (Å²) in [5.74, 6) is 2.35. The minimum absolute atomic E-state index is 0.330. The van der Waals surface area contributed by atoms with E-state index in [0.717, 1.165) is 53.5 Å². The van der Waals surface area contributed by atoms with Crippen molar-refractivity contribution in [2.75, 3.05) is 39.7 Å². The lowest BCUT2D eigenvalue weighted by Crippen LogP contribution is -2.34. The number of carbonyl (C=O) groups is 1. The first-order chi connectivity index (χ1) is 15.0. The number of methoxy groups -OCH3 is 2. The Morgan fingerprint density at radius 2 is 1.84 bits per heavy atom. The molecule has 0 bridgehead atoms. The highest BCUT2D eigenvalue weighted by Crippen LogP contribution is 2.40. The Balaban J connectivity index is 1.81. The summed E-state index contributed by atoms with van der Waals surface area (Å²) in [7, 11) is 3.37. The van der Waals surface area contributed by atoms with Crippen LogP contribution in [0.2, 0.25) is 0 Å². The van der Waals surface area contributed by atoms with E-state index < -0.39 is 6.04 Å². The maximum absolute atomic E-state index is 11.8. The SMILES string of the molecule is CCOC(=O)C(N)Cc1ccc(-c2c(OC)cc(CC3CNCCS3)cc2OC)cc1. The van der Waals surface area contributed by atoms with E-state index in [1.54, 1.807) is 21.1 Å². The average Bonchev–Trinajstić information content (AvgIpc) is 2.80. The predicted molar refractivity (Wildman–Crippen MR) is 126 cm³/mol. The van der Waals surface area contributed by atoms with Gasteiger partial charge < -0.3 is 25.3 Å². The summed E-state index contributed by atoms with van der Waals surface area (Å²) >= 11 is 2.01. The van der Waals surface area contributed by atoms with Gasteiger partial charge in [0.05, 0.1) is 26.4 Å². The zero-order valence-electron chi connectivity index (χ0n) is 18.5. The van der Waals surface area contributed by atoms with Crippen molar-refractivity contribution in [3.63, 3.8) is 0 Å². The Bertz CT molecular complexity index is 841. The summed E-state index contributed by atoms with van der Waals surface area (Å²) < 4.78 is 16.5. The Kier molecular flexibility index (Phi) is 8.63. The van der Waals surface area contributed by atoms with Gasteiger partial charge in [0.1, 0.15) is 17.5 Å². The Hall–Kier alpha value is -2.22. The summed E-state index contributed by atoms with van der Waals surface area (Å²) in [6, 6.07) is 11.5. The standard InChI is InChI=1S/C24H32N2O4S/c1-4-30-24(27)20(25)12-16-5-7-18(8-6-16)23-21(28-2)13-17(14-22(23)29-3)11-19-15-26-9-10-31-19/h5-8,13-14,19-20,26H,4,9-12,15,25H2,1-3H3. The number of ether oxygens (including phenoxy) is 3. The van der Waals surface area contributed by atoms with Gasteiger partial charge in [-0.2, -0.15) is 11.8 Å². The normalized spacial score (nSPS) is 17.1. The van der Waals surface area contributed by atoms with Crippen molar-refractivity contribution in [3.05, 3.63) is 47.5 Å². The first-order valence-electron chi connectivity index (χ1n) is 10.6. The molecule has 6 nitrogen and oxygen atoms in total. The van der Waals surface area contributed by atoms with Gasteiger partial charge in [-0.1, -0.05) is 24.3 Å². The Labute approximate surface area is 188 Å². The second kappa shape index (κ2) is 11.4. The summed E-state index contributed by atoms with van der Waals surface area (Å²) in [5.41, 5.74) is 10.0. The van der Waals surface area contributed by atoms with Crippen LogP contribution in [0.5, 0.6) is 11.5 Å². The van der Waals surface area contributed by atoms with Crippen molar-refractivity contribution < 1.29 is 19.0 Å². The second-order valence-corrected chi connectivity index (χ2v) is 8.94. The lowest BCUT2D eigenvalue weighted by Gasteiger charge is -2.23. The molecular formula is C24H32N2O4S. The maximum Gasteiger partial charge on any atom is 0.323 e. The largest absolute Gasteiger partial charge is 0.496 e. The fourth-order valence-electron chi connectivity index (χ4n) is 3.78. The van der Waals surface area contributed by atoms with Crippen molar-refractivity contribution in [1.29, 1.82) is 0 Å². The van der Waals surface area contributed by atoms with E-state index in [9.17, 15) is 4.79 Å². The lowest BCUT2D eigenvalue weighted by molar-refractivity contribution is -0.144. The van der Waals surface area contributed by atoms with Gasteiger partial charge in [-0.05, 0) is 48.6 Å². The maximum atomic E-state index is 11.8. The smallest absolute Gasteiger partial charge is 0.323 e. The van der Waals surface area contributed by atoms with Gasteiger partial charge in [-0.3, -0.25) is 4.79 Å². The molecule has 0 spiro atoms. The molecule has 1 fully saturated rings. The van der Waals surface area contributed by atoms with Crippen LogP contribution in [0.4, 0.5) is 0 Å². The van der Waals surface area contributed by atoms with Crippen LogP contribution in [0.25, 0.3) is 11.1 Å². The number of esters is 1. The second-order valence-electron chi connectivity index (χ2n) is 7.54. The fraction of sp³-hybridized carbons (Fsp3) is 0.458. The molecule has 0 saturated carbocycles. The van der Waals surface area contributed by atoms with Gasteiger partial charge >= 0.3 is 5.97 Å². The van der Waals surface area contributed by atoms with Crippen molar-refractivity contribution in [3.8, 4) is 22.6 Å². The molecule has 168 valence electrons. The third-order valence-electron chi connectivity index (χ3n) is 5.32. The average molecular weight is 445 g/mol. The molecule has 1 saturated heterocycles. The van der Waals surface area contributed by atoms with Crippen LogP contribution < -0.4 is 20.5 Å². The third kappa shape index (κ3) is 6.15. The van der Waals surface area contributed by atoms with Crippen LogP contribution in [0.3, 0.4) is 0 Å². The summed E-state index contributed by atoms with van der Waals surface area (Å²) in [4.78, 5) is 11.8. The number of hydrogen-bond acceptors (Lipinski definition) is 7. The summed E-state index contributed by atoms with van der Waals surface area (Å²) in [5, 5.41) is 4.01. The molecule has 1 aliphatic rings. The number of benzene rings is 2. The van der Waals surface area contributed by atoms with E-state index in [1.807, 2.05) is 36.0 Å². The highest BCUT2D eigenvalue weighted by atomic mass is 32.2. The predicted octanol–water partition coefficient (Wildman–Crippen LogP) is 3.05. The van der Waals surface area contributed by atoms with Crippen LogP contribution in [0.1, 0.15) is 18.1 Å². The van der Waals surface area contributed by atoms with E-state index in [1.165, 1.54) is 5.56 Å². The molecule has 0 radical (unpaired) electrons. The molecule has 31 heavy (non-hydrogen) atoms. The summed E-state index contributed by atoms with van der Waals surface area (Å²) in [6.45, 7) is 4.20. The van der Waals surface area contributed by atoms with Crippen molar-refractivity contribution in [2.45, 2.75) is 31.1 Å². The molecule has 2 unspecified atom stereocenters. The number of thioether (sulfide) groups is 1. The molecule has 7 heteroatoms. The molecule has 0 amide bonds. The highest BCUT2D eigenvalue weighted by Gasteiger charge is 2.19. The molecule has 3 N–H and O–H groups in total. The number of rotatable bonds is 9. The van der Waals surface area contributed by atoms with Crippen molar-refractivity contribution in [2.24, 2.45) is 5.73 Å². The quantitative estimate of drug-likeness (QED) is 0.575. The minimum Gasteiger partial charge on any atom is -0.496 e. The Morgan fingerprint density at radius 1 is 1.16 bits per heavy atom. The lowest BCUT2D eigenvalue weighted by atomic mass is 9.97. The first-order valence-corrected chi connectivity index (χ1v) is 11.7. The number of nitrogens with one attached hydrogen (secondary N) is 1. The van der Waals surface area contributed by atoms with Crippen molar-refractivity contribution >= 4 is 17.7 Å². The molecule has 1 aliphatic heterocycles. The number of carbonyl (C=O) groups excluding carboxylic acids is 1. The van der Waals surface area contributed by atoms with Crippen LogP contribution in [-0.4, -0.2) is 56.9 Å². The van der Waals surface area contributed by atoms with E-state index in [4.69, 9.17) is 19.9 Å². The first kappa shape index (κ1) is 23.4. The van der Waals surface area contributed by atoms with Crippen LogP contribution >= 0.6 is 11.8 Å². The van der Waals surface area contributed by atoms with Gasteiger partial charge in [0.25, 0.3) is 0 Å². The van der Waals surface area contributed by atoms with E-state index in [2.05, 4.69) is 17.4 Å². The highest BCUT2D eigenvalue weighted by molar-refractivity contribution is 8.00. The van der Waals surface area contributed by atoms with Crippen LogP contribution in [0, 0.1) is 0 Å². The number of hydrogen-bond donors (Lipinski definition) is 2. The fourth-order valence-corrected chi connectivity index (χ4v) is 4.92. The molecule has 3 rings (SSSR count). The summed E-state index contributed by atoms with van der Waals surface area (Å²) in [6.07, 6.45) is 1.40.